The van der Waals surface area contributed by atoms with Gasteiger partial charge in [0.2, 0.25) is 0 Å². The molecule has 0 aliphatic rings. The average molecular weight is 288 g/mol. The van der Waals surface area contributed by atoms with Crippen LogP contribution in [0.15, 0.2) is 24.3 Å². The number of aryl methyl sites for hydroxylation is 2. The lowest BCUT2D eigenvalue weighted by Crippen LogP contribution is -2.19. The van der Waals surface area contributed by atoms with Crippen molar-refractivity contribution in [2.24, 2.45) is 7.05 Å². The predicted molar refractivity (Wildman–Crippen MR) is 81.0 cm³/mol. The Bertz CT molecular complexity index is 646. The van der Waals surface area contributed by atoms with Crippen LogP contribution in [0.5, 0.6) is 0 Å². The maximum absolute atomic E-state index is 10.6. The summed E-state index contributed by atoms with van der Waals surface area (Å²) in [5.41, 5.74) is 4.52. The van der Waals surface area contributed by atoms with Crippen LogP contribution in [-0.4, -0.2) is 14.7 Å². The minimum Gasteiger partial charge on any atom is -0.306 e. The van der Waals surface area contributed by atoms with Crippen molar-refractivity contribution in [1.82, 2.24) is 15.1 Å². The zero-order valence-electron chi connectivity index (χ0n) is 12.8. The summed E-state index contributed by atoms with van der Waals surface area (Å²) in [6, 6.07) is 6.79. The molecule has 6 nitrogen and oxygen atoms in total. The van der Waals surface area contributed by atoms with E-state index in [9.17, 15) is 10.1 Å². The van der Waals surface area contributed by atoms with Crippen molar-refractivity contribution >= 4 is 5.69 Å². The van der Waals surface area contributed by atoms with E-state index >= 15 is 0 Å². The van der Waals surface area contributed by atoms with Crippen LogP contribution in [0.4, 0.5) is 5.69 Å². The number of hydrogen-bond donors (Lipinski definition) is 1. The van der Waals surface area contributed by atoms with Gasteiger partial charge in [-0.2, -0.15) is 5.10 Å². The Morgan fingerprint density at radius 2 is 1.95 bits per heavy atom. The van der Waals surface area contributed by atoms with Crippen LogP contribution in [0.3, 0.4) is 0 Å². The summed E-state index contributed by atoms with van der Waals surface area (Å²) in [5, 5.41) is 18.5. The van der Waals surface area contributed by atoms with Crippen molar-refractivity contribution in [1.29, 1.82) is 0 Å². The molecule has 1 unspecified atom stereocenters. The molecule has 1 heterocycles. The lowest BCUT2D eigenvalue weighted by Gasteiger charge is -2.14. The number of benzene rings is 1. The minimum absolute atomic E-state index is 0.116. The van der Waals surface area contributed by atoms with Crippen molar-refractivity contribution in [2.75, 3.05) is 0 Å². The van der Waals surface area contributed by atoms with Gasteiger partial charge in [0.25, 0.3) is 5.69 Å². The van der Waals surface area contributed by atoms with E-state index in [4.69, 9.17) is 0 Å². The molecule has 112 valence electrons. The maximum atomic E-state index is 10.6. The number of nitro groups is 1. The third-order valence-corrected chi connectivity index (χ3v) is 3.76. The van der Waals surface area contributed by atoms with Gasteiger partial charge in [-0.3, -0.25) is 14.8 Å². The molecular weight excluding hydrogens is 268 g/mol. The molecule has 21 heavy (non-hydrogen) atoms. The summed E-state index contributed by atoms with van der Waals surface area (Å²) in [6.45, 7) is 6.82. The van der Waals surface area contributed by atoms with E-state index in [1.54, 1.807) is 12.1 Å². The highest BCUT2D eigenvalue weighted by atomic mass is 16.6. The monoisotopic (exact) mass is 288 g/mol. The van der Waals surface area contributed by atoms with Crippen LogP contribution < -0.4 is 5.32 Å². The maximum Gasteiger partial charge on any atom is 0.269 e. The number of rotatable bonds is 5. The lowest BCUT2D eigenvalue weighted by atomic mass is 10.1. The molecule has 1 atom stereocenters. The fraction of sp³-hybridized carbons (Fsp3) is 0.400. The SMILES string of the molecule is Cc1nn(C)c(C)c1C(C)NCc1ccc([N+](=O)[O-])cc1. The topological polar surface area (TPSA) is 73.0 Å². The Hall–Kier alpha value is -2.21. The second-order valence-corrected chi connectivity index (χ2v) is 5.23. The van der Waals surface area contributed by atoms with Crippen LogP contribution in [0.2, 0.25) is 0 Å². The Morgan fingerprint density at radius 1 is 1.33 bits per heavy atom. The summed E-state index contributed by atoms with van der Waals surface area (Å²) in [5.74, 6) is 0. The van der Waals surface area contributed by atoms with E-state index in [2.05, 4.69) is 24.3 Å². The van der Waals surface area contributed by atoms with E-state index in [0.29, 0.717) is 6.54 Å². The van der Waals surface area contributed by atoms with Gasteiger partial charge in [-0.25, -0.2) is 0 Å². The number of nitrogens with zero attached hydrogens (tertiary/aromatic N) is 3. The molecule has 0 aliphatic carbocycles. The predicted octanol–water partition coefficient (Wildman–Crippen LogP) is 2.80. The molecule has 1 aromatic carbocycles. The van der Waals surface area contributed by atoms with Gasteiger partial charge in [0.15, 0.2) is 0 Å². The fourth-order valence-corrected chi connectivity index (χ4v) is 2.53. The molecule has 0 fully saturated rings. The number of non-ortho nitro benzene ring substituents is 1. The first-order valence-electron chi connectivity index (χ1n) is 6.87. The summed E-state index contributed by atoms with van der Waals surface area (Å²) in [4.78, 5) is 10.2. The number of hydrogen-bond acceptors (Lipinski definition) is 4. The highest BCUT2D eigenvalue weighted by Crippen LogP contribution is 2.21. The zero-order valence-corrected chi connectivity index (χ0v) is 12.8. The first kappa shape index (κ1) is 15.2. The van der Waals surface area contributed by atoms with Gasteiger partial charge >= 0.3 is 0 Å². The Morgan fingerprint density at radius 3 is 2.43 bits per heavy atom. The fourth-order valence-electron chi connectivity index (χ4n) is 2.53. The molecule has 2 aromatic rings. The smallest absolute Gasteiger partial charge is 0.269 e. The van der Waals surface area contributed by atoms with E-state index in [-0.39, 0.29) is 16.7 Å². The molecular formula is C15H20N4O2. The lowest BCUT2D eigenvalue weighted by molar-refractivity contribution is -0.384. The van der Waals surface area contributed by atoms with Gasteiger partial charge in [0, 0.05) is 43.0 Å². The largest absolute Gasteiger partial charge is 0.306 e. The molecule has 0 aliphatic heterocycles. The van der Waals surface area contributed by atoms with E-state index < -0.39 is 0 Å². The number of nitrogens with one attached hydrogen (secondary N) is 1. The Labute approximate surface area is 123 Å². The molecule has 0 amide bonds. The zero-order chi connectivity index (χ0) is 15.6. The van der Waals surface area contributed by atoms with Crippen molar-refractivity contribution in [3.63, 3.8) is 0 Å². The first-order chi connectivity index (χ1) is 9.90. The molecule has 0 radical (unpaired) electrons. The van der Waals surface area contributed by atoms with Gasteiger partial charge in [-0.15, -0.1) is 0 Å². The van der Waals surface area contributed by atoms with Crippen LogP contribution >= 0.6 is 0 Å². The molecule has 6 heteroatoms. The van der Waals surface area contributed by atoms with Crippen LogP contribution in [0.1, 0.15) is 35.5 Å². The summed E-state index contributed by atoms with van der Waals surface area (Å²) in [7, 11) is 1.94. The van der Waals surface area contributed by atoms with Crippen molar-refractivity contribution in [3.8, 4) is 0 Å². The van der Waals surface area contributed by atoms with E-state index in [0.717, 1.165) is 17.0 Å². The normalized spacial score (nSPS) is 12.4. The minimum atomic E-state index is -0.387. The molecule has 0 saturated carbocycles. The second-order valence-electron chi connectivity index (χ2n) is 5.23. The second kappa shape index (κ2) is 6.05. The van der Waals surface area contributed by atoms with Crippen molar-refractivity contribution in [3.05, 3.63) is 56.9 Å². The van der Waals surface area contributed by atoms with Crippen molar-refractivity contribution in [2.45, 2.75) is 33.4 Å². The van der Waals surface area contributed by atoms with Gasteiger partial charge in [-0.05, 0) is 26.3 Å². The molecule has 0 spiro atoms. The van der Waals surface area contributed by atoms with Crippen molar-refractivity contribution < 1.29 is 4.92 Å². The van der Waals surface area contributed by atoms with Gasteiger partial charge in [0.05, 0.1) is 10.6 Å². The molecule has 0 saturated heterocycles. The Kier molecular flexibility index (Phi) is 4.37. The average Bonchev–Trinajstić information content (AvgIpc) is 2.70. The number of nitro benzene ring substituents is 1. The quantitative estimate of drug-likeness (QED) is 0.678. The third-order valence-electron chi connectivity index (χ3n) is 3.76. The molecule has 1 N–H and O–H groups in total. The molecule has 2 rings (SSSR count). The van der Waals surface area contributed by atoms with Gasteiger partial charge in [0.1, 0.15) is 0 Å². The summed E-state index contributed by atoms with van der Waals surface area (Å²) < 4.78 is 1.88. The highest BCUT2D eigenvalue weighted by molar-refractivity contribution is 5.33. The highest BCUT2D eigenvalue weighted by Gasteiger charge is 2.15. The van der Waals surface area contributed by atoms with E-state index in [1.807, 2.05) is 18.7 Å². The van der Waals surface area contributed by atoms with Crippen LogP contribution in [0, 0.1) is 24.0 Å². The van der Waals surface area contributed by atoms with Crippen LogP contribution in [0.25, 0.3) is 0 Å². The first-order valence-corrected chi connectivity index (χ1v) is 6.87. The third kappa shape index (κ3) is 3.28. The number of aromatic nitrogens is 2. The Balaban J connectivity index is 2.03. The summed E-state index contributed by atoms with van der Waals surface area (Å²) in [6.07, 6.45) is 0. The molecule has 1 aromatic heterocycles. The summed E-state index contributed by atoms with van der Waals surface area (Å²) >= 11 is 0. The van der Waals surface area contributed by atoms with Crippen LogP contribution in [-0.2, 0) is 13.6 Å². The molecule has 0 bridgehead atoms. The van der Waals surface area contributed by atoms with Gasteiger partial charge in [-0.1, -0.05) is 12.1 Å². The standard InChI is InChI=1S/C15H20N4O2/c1-10(15-11(2)17-18(4)12(15)3)16-9-13-5-7-14(8-6-13)19(20)21/h5-8,10,16H,9H2,1-4H3. The van der Waals surface area contributed by atoms with Gasteiger partial charge < -0.3 is 5.32 Å². The van der Waals surface area contributed by atoms with E-state index in [1.165, 1.54) is 17.7 Å².